The fourth-order valence-corrected chi connectivity index (χ4v) is 2.47. The first kappa shape index (κ1) is 22.2. The summed E-state index contributed by atoms with van der Waals surface area (Å²) in [4.78, 5) is 12.5. The van der Waals surface area contributed by atoms with Gasteiger partial charge in [-0.3, -0.25) is 4.79 Å². The van der Waals surface area contributed by atoms with E-state index >= 15 is 0 Å². The summed E-state index contributed by atoms with van der Waals surface area (Å²) in [5.41, 5.74) is 2.81. The van der Waals surface area contributed by atoms with E-state index in [4.69, 9.17) is 4.74 Å². The summed E-state index contributed by atoms with van der Waals surface area (Å²) in [5, 5.41) is 0. The zero-order valence-corrected chi connectivity index (χ0v) is 17.1. The van der Waals surface area contributed by atoms with Gasteiger partial charge in [-0.1, -0.05) is 88.4 Å². The Balaban J connectivity index is 0.000000855. The Labute approximate surface area is 163 Å². The van der Waals surface area contributed by atoms with E-state index in [0.29, 0.717) is 24.5 Å². The molecule has 27 heavy (non-hydrogen) atoms. The molecule has 0 atom stereocenters. The molecule has 0 amide bonds. The van der Waals surface area contributed by atoms with Gasteiger partial charge in [0.25, 0.3) is 5.56 Å². The van der Waals surface area contributed by atoms with Crippen LogP contribution in [0.4, 0.5) is 0 Å². The highest BCUT2D eigenvalue weighted by Crippen LogP contribution is 2.15. The molecular formula is C24H31NO2. The van der Waals surface area contributed by atoms with Crippen molar-refractivity contribution in [3.8, 4) is 5.75 Å². The van der Waals surface area contributed by atoms with Crippen LogP contribution in [-0.2, 0) is 13.2 Å². The van der Waals surface area contributed by atoms with Crippen molar-refractivity contribution < 1.29 is 4.74 Å². The lowest BCUT2D eigenvalue weighted by Crippen LogP contribution is -2.22. The van der Waals surface area contributed by atoms with Crippen LogP contribution in [0.5, 0.6) is 5.75 Å². The van der Waals surface area contributed by atoms with Gasteiger partial charge < -0.3 is 9.30 Å². The SMILES string of the molecule is CC.CC.Cc1c(OCc2ccccc2)ccn(Cc2ccccc2)c1=O. The molecule has 0 radical (unpaired) electrons. The molecule has 3 aromatic rings. The molecule has 0 unspecified atom stereocenters. The van der Waals surface area contributed by atoms with Gasteiger partial charge in [-0.05, 0) is 24.1 Å². The number of pyridine rings is 1. The molecule has 3 rings (SSSR count). The first-order valence-electron chi connectivity index (χ1n) is 9.65. The molecule has 0 spiro atoms. The van der Waals surface area contributed by atoms with E-state index in [-0.39, 0.29) is 5.56 Å². The second-order valence-corrected chi connectivity index (χ2v) is 5.50. The lowest BCUT2D eigenvalue weighted by Gasteiger charge is -2.12. The fourth-order valence-electron chi connectivity index (χ4n) is 2.47. The predicted octanol–water partition coefficient (Wildman–Crippen LogP) is 5.84. The van der Waals surface area contributed by atoms with Crippen molar-refractivity contribution in [2.24, 2.45) is 0 Å². The number of nitrogens with zero attached hydrogens (tertiary/aromatic N) is 1. The summed E-state index contributed by atoms with van der Waals surface area (Å²) in [6.07, 6.45) is 1.79. The minimum atomic E-state index is -0.0144. The van der Waals surface area contributed by atoms with E-state index < -0.39 is 0 Å². The zero-order chi connectivity index (χ0) is 20.1. The molecule has 0 saturated carbocycles. The smallest absolute Gasteiger partial charge is 0.257 e. The highest BCUT2D eigenvalue weighted by atomic mass is 16.5. The van der Waals surface area contributed by atoms with Crippen LogP contribution in [0.25, 0.3) is 0 Å². The Hall–Kier alpha value is -2.81. The molecule has 3 nitrogen and oxygen atoms in total. The number of ether oxygens (including phenoxy) is 1. The van der Waals surface area contributed by atoms with Crippen LogP contribution in [0, 0.1) is 6.92 Å². The summed E-state index contributed by atoms with van der Waals surface area (Å²) >= 11 is 0. The molecular weight excluding hydrogens is 334 g/mol. The molecule has 144 valence electrons. The van der Waals surface area contributed by atoms with Gasteiger partial charge in [0.1, 0.15) is 12.4 Å². The van der Waals surface area contributed by atoms with E-state index in [2.05, 4.69) is 0 Å². The Morgan fingerprint density at radius 2 is 1.30 bits per heavy atom. The molecule has 1 heterocycles. The van der Waals surface area contributed by atoms with Gasteiger partial charge >= 0.3 is 0 Å². The minimum Gasteiger partial charge on any atom is -0.488 e. The average Bonchev–Trinajstić information content (AvgIpc) is 2.75. The molecule has 2 aromatic carbocycles. The molecule has 0 aliphatic carbocycles. The Morgan fingerprint density at radius 1 is 0.778 bits per heavy atom. The Morgan fingerprint density at radius 3 is 1.85 bits per heavy atom. The maximum atomic E-state index is 12.5. The van der Waals surface area contributed by atoms with Gasteiger partial charge in [0.05, 0.1) is 12.1 Å². The summed E-state index contributed by atoms with van der Waals surface area (Å²) in [6.45, 7) is 10.8. The third-order valence-electron chi connectivity index (χ3n) is 3.79. The van der Waals surface area contributed by atoms with E-state index in [9.17, 15) is 4.79 Å². The second-order valence-electron chi connectivity index (χ2n) is 5.50. The molecule has 1 aromatic heterocycles. The van der Waals surface area contributed by atoms with Crippen LogP contribution in [0.15, 0.2) is 77.7 Å². The highest BCUT2D eigenvalue weighted by molar-refractivity contribution is 5.30. The third-order valence-corrected chi connectivity index (χ3v) is 3.79. The summed E-state index contributed by atoms with van der Waals surface area (Å²) in [5.74, 6) is 0.642. The Bertz CT molecular complexity index is 824. The number of hydrogen-bond acceptors (Lipinski definition) is 2. The van der Waals surface area contributed by atoms with Gasteiger partial charge in [-0.25, -0.2) is 0 Å². The first-order valence-corrected chi connectivity index (χ1v) is 9.65. The topological polar surface area (TPSA) is 31.2 Å². The molecule has 0 N–H and O–H groups in total. The third kappa shape index (κ3) is 6.78. The maximum absolute atomic E-state index is 12.5. The van der Waals surface area contributed by atoms with E-state index in [1.807, 2.05) is 101 Å². The van der Waals surface area contributed by atoms with Crippen molar-refractivity contribution in [2.45, 2.75) is 47.8 Å². The van der Waals surface area contributed by atoms with Crippen LogP contribution >= 0.6 is 0 Å². The number of benzene rings is 2. The summed E-state index contributed by atoms with van der Waals surface area (Å²) in [7, 11) is 0. The largest absolute Gasteiger partial charge is 0.488 e. The fraction of sp³-hybridized carbons (Fsp3) is 0.292. The number of hydrogen-bond donors (Lipinski definition) is 0. The van der Waals surface area contributed by atoms with Crippen molar-refractivity contribution in [1.82, 2.24) is 4.57 Å². The quantitative estimate of drug-likeness (QED) is 0.569. The number of rotatable bonds is 5. The lowest BCUT2D eigenvalue weighted by molar-refractivity contribution is 0.302. The van der Waals surface area contributed by atoms with Gasteiger partial charge in [-0.15, -0.1) is 0 Å². The Kier molecular flexibility index (Phi) is 10.3. The van der Waals surface area contributed by atoms with Crippen molar-refractivity contribution >= 4 is 0 Å². The minimum absolute atomic E-state index is 0.0144. The van der Waals surface area contributed by atoms with Crippen molar-refractivity contribution in [2.75, 3.05) is 0 Å². The number of aromatic nitrogens is 1. The van der Waals surface area contributed by atoms with Crippen LogP contribution in [-0.4, -0.2) is 4.57 Å². The van der Waals surface area contributed by atoms with Gasteiger partial charge in [0, 0.05) is 6.20 Å². The maximum Gasteiger partial charge on any atom is 0.257 e. The highest BCUT2D eigenvalue weighted by Gasteiger charge is 2.07. The predicted molar refractivity (Wildman–Crippen MR) is 114 cm³/mol. The van der Waals surface area contributed by atoms with Crippen molar-refractivity contribution in [3.63, 3.8) is 0 Å². The van der Waals surface area contributed by atoms with Gasteiger partial charge in [0.2, 0.25) is 0 Å². The average molecular weight is 366 g/mol. The lowest BCUT2D eigenvalue weighted by atomic mass is 10.2. The molecule has 3 heteroatoms. The monoisotopic (exact) mass is 365 g/mol. The van der Waals surface area contributed by atoms with Crippen LogP contribution in [0.3, 0.4) is 0 Å². The molecule has 0 saturated heterocycles. The first-order chi connectivity index (χ1) is 13.2. The summed E-state index contributed by atoms with van der Waals surface area (Å²) in [6, 6.07) is 21.8. The van der Waals surface area contributed by atoms with Crippen LogP contribution < -0.4 is 10.3 Å². The second kappa shape index (κ2) is 12.5. The van der Waals surface area contributed by atoms with Crippen LogP contribution in [0.1, 0.15) is 44.4 Å². The van der Waals surface area contributed by atoms with E-state index in [0.717, 1.165) is 11.1 Å². The van der Waals surface area contributed by atoms with Gasteiger partial charge in [0.15, 0.2) is 0 Å². The molecule has 0 bridgehead atoms. The summed E-state index contributed by atoms with van der Waals surface area (Å²) < 4.78 is 7.50. The van der Waals surface area contributed by atoms with E-state index in [1.165, 1.54) is 0 Å². The molecule has 0 aliphatic rings. The van der Waals surface area contributed by atoms with Crippen molar-refractivity contribution in [3.05, 3.63) is 100.0 Å². The molecule has 0 aliphatic heterocycles. The van der Waals surface area contributed by atoms with Crippen molar-refractivity contribution in [1.29, 1.82) is 0 Å². The molecule has 0 fully saturated rings. The van der Waals surface area contributed by atoms with Crippen LogP contribution in [0.2, 0.25) is 0 Å². The normalized spacial score (nSPS) is 9.37. The zero-order valence-electron chi connectivity index (χ0n) is 17.1. The van der Waals surface area contributed by atoms with E-state index in [1.54, 1.807) is 10.8 Å². The van der Waals surface area contributed by atoms with Gasteiger partial charge in [-0.2, -0.15) is 0 Å². The standard InChI is InChI=1S/C20H19NO2.2C2H6/c1-16-19(23-15-18-10-6-3-7-11-18)12-13-21(20(16)22)14-17-8-4-2-5-9-17;2*1-2/h2-13H,14-15H2,1H3;2*1-2H3.